The quantitative estimate of drug-likeness (QED) is 0.887. The fourth-order valence-electron chi connectivity index (χ4n) is 1.68. The molecule has 2 aromatic rings. The maximum Gasteiger partial charge on any atom is 0.243 e. The van der Waals surface area contributed by atoms with Crippen LogP contribution in [0.4, 0.5) is 15.8 Å². The summed E-state index contributed by atoms with van der Waals surface area (Å²) in [4.78, 5) is 11.8. The van der Waals surface area contributed by atoms with Gasteiger partial charge < -0.3 is 10.6 Å². The first-order valence-corrected chi connectivity index (χ1v) is 6.89. The predicted molar refractivity (Wildman–Crippen MR) is 82.4 cm³/mol. The van der Waals surface area contributed by atoms with E-state index in [9.17, 15) is 9.18 Å². The molecule has 0 unspecified atom stereocenters. The Morgan fingerprint density at radius 2 is 1.80 bits per heavy atom. The summed E-state index contributed by atoms with van der Waals surface area (Å²) < 4.78 is 13.7. The monoisotopic (exact) mass is 336 g/mol. The number of halogens is 2. The van der Waals surface area contributed by atoms with Gasteiger partial charge in [0.05, 0.1) is 6.54 Å². The van der Waals surface area contributed by atoms with Gasteiger partial charge in [0, 0.05) is 15.8 Å². The molecule has 5 heteroatoms. The largest absolute Gasteiger partial charge is 0.376 e. The van der Waals surface area contributed by atoms with Crippen molar-refractivity contribution in [1.29, 1.82) is 0 Å². The van der Waals surface area contributed by atoms with Crippen molar-refractivity contribution in [2.75, 3.05) is 17.2 Å². The first-order chi connectivity index (χ1) is 9.54. The highest BCUT2D eigenvalue weighted by Gasteiger charge is 2.03. The maximum absolute atomic E-state index is 12.7. The molecule has 20 heavy (non-hydrogen) atoms. The molecule has 0 saturated heterocycles. The van der Waals surface area contributed by atoms with E-state index >= 15 is 0 Å². The molecule has 2 N–H and O–H groups in total. The molecule has 3 nitrogen and oxygen atoms in total. The summed E-state index contributed by atoms with van der Waals surface area (Å²) in [7, 11) is 0. The van der Waals surface area contributed by atoms with Crippen LogP contribution in [0.15, 0.2) is 46.9 Å². The van der Waals surface area contributed by atoms with E-state index < -0.39 is 0 Å². The molecule has 0 aliphatic heterocycles. The van der Waals surface area contributed by atoms with E-state index in [2.05, 4.69) is 26.6 Å². The summed E-state index contributed by atoms with van der Waals surface area (Å²) in [6, 6.07) is 11.5. The molecule has 0 spiro atoms. The average Bonchev–Trinajstić information content (AvgIpc) is 2.42. The Labute approximate surface area is 125 Å². The van der Waals surface area contributed by atoms with Crippen LogP contribution in [0.2, 0.25) is 0 Å². The van der Waals surface area contributed by atoms with Gasteiger partial charge in [0.25, 0.3) is 0 Å². The molecule has 0 heterocycles. The Balaban J connectivity index is 1.89. The molecule has 0 saturated carbocycles. The van der Waals surface area contributed by atoms with Crippen LogP contribution in [-0.2, 0) is 4.79 Å². The lowest BCUT2D eigenvalue weighted by Crippen LogP contribution is -2.21. The van der Waals surface area contributed by atoms with Gasteiger partial charge in [-0.1, -0.05) is 15.9 Å². The third kappa shape index (κ3) is 4.06. The van der Waals surface area contributed by atoms with Crippen molar-refractivity contribution in [2.24, 2.45) is 0 Å². The number of hydrogen-bond donors (Lipinski definition) is 2. The summed E-state index contributed by atoms with van der Waals surface area (Å²) in [6.07, 6.45) is 0. The fourth-order valence-corrected chi connectivity index (χ4v) is 1.92. The molecule has 0 fully saturated rings. The van der Waals surface area contributed by atoms with E-state index in [4.69, 9.17) is 0 Å². The van der Waals surface area contributed by atoms with Crippen LogP contribution in [0.25, 0.3) is 0 Å². The van der Waals surface area contributed by atoms with Crippen molar-refractivity contribution in [3.05, 3.63) is 58.3 Å². The summed E-state index contributed by atoms with van der Waals surface area (Å²) in [5.74, 6) is -0.457. The second-order valence-corrected chi connectivity index (χ2v) is 5.23. The van der Waals surface area contributed by atoms with E-state index in [-0.39, 0.29) is 18.3 Å². The van der Waals surface area contributed by atoms with Crippen molar-refractivity contribution >= 4 is 33.2 Å². The van der Waals surface area contributed by atoms with Crippen LogP contribution >= 0.6 is 15.9 Å². The highest BCUT2D eigenvalue weighted by molar-refractivity contribution is 9.10. The normalized spacial score (nSPS) is 10.2. The van der Waals surface area contributed by atoms with E-state index in [1.165, 1.54) is 12.1 Å². The lowest BCUT2D eigenvalue weighted by molar-refractivity contribution is -0.114. The van der Waals surface area contributed by atoms with Gasteiger partial charge in [0.15, 0.2) is 0 Å². The Morgan fingerprint density at radius 3 is 2.45 bits per heavy atom. The molecule has 0 radical (unpaired) electrons. The number of anilines is 2. The highest BCUT2D eigenvalue weighted by atomic mass is 79.9. The van der Waals surface area contributed by atoms with Crippen molar-refractivity contribution in [3.63, 3.8) is 0 Å². The van der Waals surface area contributed by atoms with Gasteiger partial charge in [-0.2, -0.15) is 0 Å². The number of aryl methyl sites for hydroxylation is 1. The minimum Gasteiger partial charge on any atom is -0.376 e. The van der Waals surface area contributed by atoms with Crippen LogP contribution < -0.4 is 10.6 Å². The van der Waals surface area contributed by atoms with Gasteiger partial charge in [-0.15, -0.1) is 0 Å². The predicted octanol–water partition coefficient (Wildman–Crippen LogP) is 3.95. The first kappa shape index (κ1) is 14.5. The van der Waals surface area contributed by atoms with E-state index in [1.54, 1.807) is 12.1 Å². The fraction of sp³-hybridized carbons (Fsp3) is 0.133. The van der Waals surface area contributed by atoms with Crippen LogP contribution in [0.3, 0.4) is 0 Å². The summed E-state index contributed by atoms with van der Waals surface area (Å²) >= 11 is 3.41. The van der Waals surface area contributed by atoms with Crippen molar-refractivity contribution in [2.45, 2.75) is 6.92 Å². The Kier molecular flexibility index (Phi) is 4.74. The molecule has 0 aliphatic rings. The SMILES string of the molecule is Cc1cc(NC(=O)CNc2ccc(F)cc2)ccc1Br. The second kappa shape index (κ2) is 6.52. The van der Waals surface area contributed by atoms with E-state index in [1.807, 2.05) is 25.1 Å². The average molecular weight is 337 g/mol. The molecule has 0 bridgehead atoms. The third-order valence-electron chi connectivity index (χ3n) is 2.74. The molecule has 0 atom stereocenters. The van der Waals surface area contributed by atoms with Crippen LogP contribution in [0.5, 0.6) is 0 Å². The second-order valence-electron chi connectivity index (χ2n) is 4.37. The van der Waals surface area contributed by atoms with Crippen LogP contribution in [0, 0.1) is 12.7 Å². The smallest absolute Gasteiger partial charge is 0.243 e. The molecule has 0 aliphatic carbocycles. The standard InChI is InChI=1S/C15H14BrFN2O/c1-10-8-13(6-7-14(10)16)19-15(20)9-18-12-4-2-11(17)3-5-12/h2-8,18H,9H2,1H3,(H,19,20). The van der Waals surface area contributed by atoms with Crippen molar-refractivity contribution in [1.82, 2.24) is 0 Å². The van der Waals surface area contributed by atoms with Gasteiger partial charge in [0.2, 0.25) is 5.91 Å². The zero-order chi connectivity index (χ0) is 14.5. The van der Waals surface area contributed by atoms with Gasteiger partial charge in [-0.3, -0.25) is 4.79 Å². The molecular weight excluding hydrogens is 323 g/mol. The number of carbonyl (C=O) groups is 1. The van der Waals surface area contributed by atoms with Gasteiger partial charge in [-0.05, 0) is 55.0 Å². The Hall–Kier alpha value is -1.88. The topological polar surface area (TPSA) is 41.1 Å². The first-order valence-electron chi connectivity index (χ1n) is 6.10. The number of rotatable bonds is 4. The van der Waals surface area contributed by atoms with E-state index in [0.717, 1.165) is 15.7 Å². The summed E-state index contributed by atoms with van der Waals surface area (Å²) in [5.41, 5.74) is 2.50. The minimum atomic E-state index is -0.301. The number of nitrogens with one attached hydrogen (secondary N) is 2. The van der Waals surface area contributed by atoms with Gasteiger partial charge in [0.1, 0.15) is 5.82 Å². The van der Waals surface area contributed by atoms with Crippen molar-refractivity contribution < 1.29 is 9.18 Å². The van der Waals surface area contributed by atoms with Crippen LogP contribution in [-0.4, -0.2) is 12.5 Å². The number of carbonyl (C=O) groups excluding carboxylic acids is 1. The molecule has 1 amide bonds. The molecule has 2 rings (SSSR count). The molecule has 0 aromatic heterocycles. The lowest BCUT2D eigenvalue weighted by Gasteiger charge is -2.09. The zero-order valence-electron chi connectivity index (χ0n) is 10.9. The Bertz CT molecular complexity index is 614. The Morgan fingerprint density at radius 1 is 1.15 bits per heavy atom. The molecule has 104 valence electrons. The van der Waals surface area contributed by atoms with Gasteiger partial charge >= 0.3 is 0 Å². The minimum absolute atomic E-state index is 0.126. The molecule has 2 aromatic carbocycles. The number of amides is 1. The highest BCUT2D eigenvalue weighted by Crippen LogP contribution is 2.19. The number of benzene rings is 2. The van der Waals surface area contributed by atoms with E-state index in [0.29, 0.717) is 5.69 Å². The summed E-state index contributed by atoms with van der Waals surface area (Å²) in [5, 5.41) is 5.73. The van der Waals surface area contributed by atoms with Gasteiger partial charge in [-0.25, -0.2) is 4.39 Å². The lowest BCUT2D eigenvalue weighted by atomic mass is 10.2. The number of hydrogen-bond acceptors (Lipinski definition) is 2. The van der Waals surface area contributed by atoms with Crippen molar-refractivity contribution in [3.8, 4) is 0 Å². The van der Waals surface area contributed by atoms with Crippen LogP contribution in [0.1, 0.15) is 5.56 Å². The molecular formula is C15H14BrFN2O. The third-order valence-corrected chi connectivity index (χ3v) is 3.63. The maximum atomic E-state index is 12.7. The zero-order valence-corrected chi connectivity index (χ0v) is 12.5. The summed E-state index contributed by atoms with van der Waals surface area (Å²) in [6.45, 7) is 2.08.